The lowest BCUT2D eigenvalue weighted by molar-refractivity contribution is -0.123. The molecule has 142 valence electrons. The minimum atomic E-state index is 0.00143. The average molecular weight is 370 g/mol. The van der Waals surface area contributed by atoms with Gasteiger partial charge in [0.25, 0.3) is 0 Å². The number of hydrogen-bond acceptors (Lipinski definition) is 6. The van der Waals surface area contributed by atoms with Crippen molar-refractivity contribution in [2.24, 2.45) is 0 Å². The maximum Gasteiger partial charge on any atom is 0.231 e. The van der Waals surface area contributed by atoms with Gasteiger partial charge in [0.1, 0.15) is 6.61 Å². The van der Waals surface area contributed by atoms with E-state index in [2.05, 4.69) is 10.3 Å². The molecule has 1 aromatic heterocycles. The van der Waals surface area contributed by atoms with Crippen molar-refractivity contribution in [2.75, 3.05) is 13.4 Å². The van der Waals surface area contributed by atoms with E-state index in [-0.39, 0.29) is 18.8 Å². The first-order chi connectivity index (χ1) is 13.3. The van der Waals surface area contributed by atoms with Gasteiger partial charge in [-0.15, -0.1) is 0 Å². The zero-order chi connectivity index (χ0) is 18.5. The monoisotopic (exact) mass is 370 g/mol. The number of hydrogen-bond donors (Lipinski definition) is 1. The van der Waals surface area contributed by atoms with Gasteiger partial charge in [-0.05, 0) is 42.2 Å². The molecule has 0 bridgehead atoms. The topological polar surface area (TPSA) is 78.9 Å². The molecule has 1 fully saturated rings. The van der Waals surface area contributed by atoms with Crippen molar-refractivity contribution >= 4 is 5.91 Å². The number of fused-ring (bicyclic) bond motifs is 1. The predicted molar refractivity (Wildman–Crippen MR) is 96.6 cm³/mol. The van der Waals surface area contributed by atoms with Gasteiger partial charge in [-0.3, -0.25) is 4.79 Å². The first-order valence-corrected chi connectivity index (χ1v) is 9.11. The van der Waals surface area contributed by atoms with Gasteiger partial charge >= 0.3 is 0 Å². The third kappa shape index (κ3) is 4.68. The van der Waals surface area contributed by atoms with E-state index in [0.717, 1.165) is 42.1 Å². The van der Waals surface area contributed by atoms with E-state index in [4.69, 9.17) is 18.9 Å². The number of benzene rings is 1. The lowest BCUT2D eigenvalue weighted by Gasteiger charge is -2.11. The number of rotatable bonds is 7. The third-order valence-electron chi connectivity index (χ3n) is 4.55. The molecular weight excluding hydrogens is 348 g/mol. The van der Waals surface area contributed by atoms with Crippen molar-refractivity contribution < 1.29 is 23.7 Å². The minimum absolute atomic E-state index is 0.00143. The van der Waals surface area contributed by atoms with E-state index < -0.39 is 0 Å². The molecule has 7 heteroatoms. The van der Waals surface area contributed by atoms with Crippen LogP contribution in [0.2, 0.25) is 0 Å². The summed E-state index contributed by atoms with van der Waals surface area (Å²) in [6, 6.07) is 9.40. The van der Waals surface area contributed by atoms with Crippen molar-refractivity contribution in [3.8, 4) is 17.4 Å². The van der Waals surface area contributed by atoms with Crippen LogP contribution in [-0.2, 0) is 22.7 Å². The van der Waals surface area contributed by atoms with Crippen LogP contribution >= 0.6 is 0 Å². The second-order valence-corrected chi connectivity index (χ2v) is 6.59. The van der Waals surface area contributed by atoms with E-state index in [1.807, 2.05) is 30.3 Å². The molecular formula is C20H22N2O5. The molecule has 0 unspecified atom stereocenters. The summed E-state index contributed by atoms with van der Waals surface area (Å²) in [5.74, 6) is 1.99. The average Bonchev–Trinajstić information content (AvgIpc) is 3.36. The van der Waals surface area contributed by atoms with Crippen LogP contribution in [0.25, 0.3) is 0 Å². The van der Waals surface area contributed by atoms with Crippen LogP contribution in [0.5, 0.6) is 17.4 Å². The van der Waals surface area contributed by atoms with Gasteiger partial charge in [0.2, 0.25) is 18.6 Å². The second-order valence-electron chi connectivity index (χ2n) is 6.59. The molecule has 2 aromatic rings. The highest BCUT2D eigenvalue weighted by molar-refractivity contribution is 5.76. The number of carbonyl (C=O) groups excluding carboxylic acids is 1. The van der Waals surface area contributed by atoms with Crippen LogP contribution < -0.4 is 19.5 Å². The number of nitrogens with one attached hydrogen (secondary N) is 1. The Bertz CT molecular complexity index is 805. The molecule has 1 N–H and O–H groups in total. The van der Waals surface area contributed by atoms with E-state index in [0.29, 0.717) is 25.5 Å². The van der Waals surface area contributed by atoms with Gasteiger partial charge < -0.3 is 24.3 Å². The Kier molecular flexibility index (Phi) is 5.39. The van der Waals surface area contributed by atoms with Crippen LogP contribution in [0.4, 0.5) is 0 Å². The van der Waals surface area contributed by atoms with E-state index in [1.54, 1.807) is 6.20 Å². The quantitative estimate of drug-likeness (QED) is 0.807. The molecule has 2 aliphatic rings. The molecule has 4 rings (SSSR count). The van der Waals surface area contributed by atoms with Gasteiger partial charge in [-0.2, -0.15) is 0 Å². The van der Waals surface area contributed by atoms with Gasteiger partial charge in [-0.1, -0.05) is 6.07 Å². The fourth-order valence-electron chi connectivity index (χ4n) is 3.11. The first kappa shape index (κ1) is 17.6. The van der Waals surface area contributed by atoms with Crippen molar-refractivity contribution in [1.82, 2.24) is 10.3 Å². The highest BCUT2D eigenvalue weighted by Gasteiger charge is 2.18. The van der Waals surface area contributed by atoms with Gasteiger partial charge in [0.05, 0.1) is 12.5 Å². The standard InChI is InChI=1S/C20H22N2O5/c23-19(10-16-2-1-7-24-16)22-11-14-5-6-21-20(9-14)25-12-15-3-4-17-18(8-15)27-13-26-17/h3-6,8-9,16H,1-2,7,10-13H2,(H,22,23)/t16-/m1/s1. The van der Waals surface area contributed by atoms with E-state index in [1.165, 1.54) is 0 Å². The van der Waals surface area contributed by atoms with E-state index in [9.17, 15) is 4.79 Å². The van der Waals surface area contributed by atoms with Crippen molar-refractivity contribution in [1.29, 1.82) is 0 Å². The van der Waals surface area contributed by atoms with Gasteiger partial charge in [0.15, 0.2) is 11.5 Å². The normalized spacial score (nSPS) is 17.7. The zero-order valence-electron chi connectivity index (χ0n) is 15.0. The molecule has 2 aliphatic heterocycles. The molecule has 0 saturated carbocycles. The number of amides is 1. The second kappa shape index (κ2) is 8.26. The Labute approximate surface area is 157 Å². The largest absolute Gasteiger partial charge is 0.473 e. The third-order valence-corrected chi connectivity index (χ3v) is 4.55. The molecule has 7 nitrogen and oxygen atoms in total. The lowest BCUT2D eigenvalue weighted by Crippen LogP contribution is -2.26. The predicted octanol–water partition coefficient (Wildman–Crippen LogP) is 2.57. The van der Waals surface area contributed by atoms with Crippen LogP contribution in [0.3, 0.4) is 0 Å². The fraction of sp³-hybridized carbons (Fsp3) is 0.400. The summed E-state index contributed by atoms with van der Waals surface area (Å²) in [7, 11) is 0. The molecule has 1 amide bonds. The summed E-state index contributed by atoms with van der Waals surface area (Å²) < 4.78 is 21.9. The van der Waals surface area contributed by atoms with Crippen LogP contribution in [0.1, 0.15) is 30.4 Å². The van der Waals surface area contributed by atoms with Gasteiger partial charge in [0, 0.05) is 25.4 Å². The molecule has 27 heavy (non-hydrogen) atoms. The summed E-state index contributed by atoms with van der Waals surface area (Å²) in [6.45, 7) is 1.82. The van der Waals surface area contributed by atoms with Crippen LogP contribution in [-0.4, -0.2) is 30.4 Å². The molecule has 1 aromatic carbocycles. The summed E-state index contributed by atoms with van der Waals surface area (Å²) in [5, 5.41) is 2.92. The molecule has 1 saturated heterocycles. The van der Waals surface area contributed by atoms with Crippen molar-refractivity contribution in [2.45, 2.75) is 38.5 Å². The lowest BCUT2D eigenvalue weighted by atomic mass is 10.1. The van der Waals surface area contributed by atoms with Gasteiger partial charge in [-0.25, -0.2) is 4.98 Å². The number of nitrogens with zero attached hydrogens (tertiary/aromatic N) is 1. The molecule has 1 atom stereocenters. The Morgan fingerprint density at radius 3 is 3.00 bits per heavy atom. The number of aromatic nitrogens is 1. The number of ether oxygens (including phenoxy) is 4. The highest BCUT2D eigenvalue weighted by atomic mass is 16.7. The SMILES string of the molecule is O=C(C[C@H]1CCCO1)NCc1ccnc(OCc2ccc3c(c2)OCO3)c1. The highest BCUT2D eigenvalue weighted by Crippen LogP contribution is 2.32. The minimum Gasteiger partial charge on any atom is -0.473 e. The maximum absolute atomic E-state index is 12.0. The summed E-state index contributed by atoms with van der Waals surface area (Å²) >= 11 is 0. The van der Waals surface area contributed by atoms with Crippen LogP contribution in [0.15, 0.2) is 36.5 Å². The summed E-state index contributed by atoms with van der Waals surface area (Å²) in [6.07, 6.45) is 4.14. The Morgan fingerprint density at radius 2 is 2.11 bits per heavy atom. The molecule has 0 spiro atoms. The Balaban J connectivity index is 1.27. The molecule has 0 radical (unpaired) electrons. The molecule has 0 aliphatic carbocycles. The molecule has 3 heterocycles. The first-order valence-electron chi connectivity index (χ1n) is 9.11. The fourth-order valence-corrected chi connectivity index (χ4v) is 3.11. The van der Waals surface area contributed by atoms with E-state index >= 15 is 0 Å². The Morgan fingerprint density at radius 1 is 1.19 bits per heavy atom. The zero-order valence-corrected chi connectivity index (χ0v) is 15.0. The summed E-state index contributed by atoms with van der Waals surface area (Å²) in [5.41, 5.74) is 1.91. The number of pyridine rings is 1. The van der Waals surface area contributed by atoms with Crippen molar-refractivity contribution in [3.63, 3.8) is 0 Å². The summed E-state index contributed by atoms with van der Waals surface area (Å²) in [4.78, 5) is 16.2. The maximum atomic E-state index is 12.0. The van der Waals surface area contributed by atoms with Crippen LogP contribution in [0, 0.1) is 0 Å². The smallest absolute Gasteiger partial charge is 0.231 e. The van der Waals surface area contributed by atoms with Crippen molar-refractivity contribution in [3.05, 3.63) is 47.7 Å². The Hall–Kier alpha value is -2.80. The number of carbonyl (C=O) groups is 1.